The first kappa shape index (κ1) is 15.0. The van der Waals surface area contributed by atoms with Gasteiger partial charge in [0, 0.05) is 18.3 Å². The monoisotopic (exact) mass is 299 g/mol. The fraction of sp³-hybridized carbons (Fsp3) is 0.125. The van der Waals surface area contributed by atoms with Crippen LogP contribution >= 0.6 is 12.2 Å². The molecule has 2 aromatic rings. The van der Waals surface area contributed by atoms with Crippen molar-refractivity contribution in [3.8, 4) is 0 Å². The van der Waals surface area contributed by atoms with Gasteiger partial charge in [-0.3, -0.25) is 4.90 Å². The molecule has 0 unspecified atom stereocenters. The van der Waals surface area contributed by atoms with E-state index in [1.165, 1.54) is 4.90 Å². The van der Waals surface area contributed by atoms with Gasteiger partial charge >= 0.3 is 6.03 Å². The van der Waals surface area contributed by atoms with E-state index in [2.05, 4.69) is 5.32 Å². The number of aryl methyl sites for hydroxylation is 1. The molecule has 2 rings (SSSR count). The molecule has 0 saturated carbocycles. The van der Waals surface area contributed by atoms with E-state index in [-0.39, 0.29) is 11.0 Å². The van der Waals surface area contributed by atoms with Crippen LogP contribution in [0.25, 0.3) is 0 Å². The molecule has 3 N–H and O–H groups in total. The van der Waals surface area contributed by atoms with Crippen molar-refractivity contribution in [1.29, 1.82) is 0 Å². The van der Waals surface area contributed by atoms with Crippen molar-refractivity contribution >= 4 is 34.6 Å². The summed E-state index contributed by atoms with van der Waals surface area (Å²) in [6.45, 7) is 2.00. The Morgan fingerprint density at radius 3 is 2.38 bits per heavy atom. The van der Waals surface area contributed by atoms with E-state index in [1.807, 2.05) is 49.4 Å². The van der Waals surface area contributed by atoms with Gasteiger partial charge in [0.2, 0.25) is 0 Å². The third-order valence-electron chi connectivity index (χ3n) is 3.14. The molecule has 21 heavy (non-hydrogen) atoms. The molecule has 108 valence electrons. The molecule has 0 aromatic heterocycles. The number of thiocarbonyl (C=S) groups is 1. The number of carbonyl (C=O) groups excluding carboxylic acids is 1. The van der Waals surface area contributed by atoms with Crippen LogP contribution in [-0.2, 0) is 0 Å². The zero-order valence-corrected chi connectivity index (χ0v) is 12.8. The number of amides is 2. The minimum atomic E-state index is -0.248. The Morgan fingerprint density at radius 1 is 1.14 bits per heavy atom. The van der Waals surface area contributed by atoms with E-state index < -0.39 is 0 Å². The molecule has 0 fully saturated rings. The zero-order chi connectivity index (χ0) is 15.4. The standard InChI is InChI=1S/C16H17N3OS/c1-11-7-9-12(10-8-11)18-16(20)19(2)14-6-4-3-5-13(14)15(17)21/h3-10H,1-2H3,(H2,17,21)(H,18,20). The van der Waals surface area contributed by atoms with Crippen molar-refractivity contribution in [3.05, 3.63) is 59.7 Å². The first-order valence-electron chi connectivity index (χ1n) is 6.49. The molecule has 2 aromatic carbocycles. The van der Waals surface area contributed by atoms with E-state index in [0.29, 0.717) is 11.3 Å². The minimum Gasteiger partial charge on any atom is -0.389 e. The number of urea groups is 1. The second kappa shape index (κ2) is 6.37. The summed E-state index contributed by atoms with van der Waals surface area (Å²) in [7, 11) is 1.68. The lowest BCUT2D eigenvalue weighted by Crippen LogP contribution is -2.32. The second-order valence-corrected chi connectivity index (χ2v) is 5.18. The molecule has 0 heterocycles. The minimum absolute atomic E-state index is 0.248. The van der Waals surface area contributed by atoms with Crippen molar-refractivity contribution in [2.45, 2.75) is 6.92 Å². The van der Waals surface area contributed by atoms with E-state index in [4.69, 9.17) is 18.0 Å². The van der Waals surface area contributed by atoms with Crippen molar-refractivity contribution in [2.75, 3.05) is 17.3 Å². The van der Waals surface area contributed by atoms with Gasteiger partial charge in [0.1, 0.15) is 4.99 Å². The highest BCUT2D eigenvalue weighted by molar-refractivity contribution is 7.80. The molecule has 0 bridgehead atoms. The normalized spacial score (nSPS) is 10.0. The van der Waals surface area contributed by atoms with Gasteiger partial charge < -0.3 is 11.1 Å². The summed E-state index contributed by atoms with van der Waals surface area (Å²) in [4.78, 5) is 14.1. The number of rotatable bonds is 3. The summed E-state index contributed by atoms with van der Waals surface area (Å²) in [5.41, 5.74) is 8.93. The number of para-hydroxylation sites is 1. The van der Waals surface area contributed by atoms with Gasteiger partial charge in [-0.1, -0.05) is 42.0 Å². The van der Waals surface area contributed by atoms with E-state index in [1.54, 1.807) is 13.1 Å². The van der Waals surface area contributed by atoms with Crippen LogP contribution in [0.3, 0.4) is 0 Å². The molecule has 5 heteroatoms. The van der Waals surface area contributed by atoms with Gasteiger partial charge in [-0.15, -0.1) is 0 Å². The average molecular weight is 299 g/mol. The largest absolute Gasteiger partial charge is 0.389 e. The number of hydrogen-bond donors (Lipinski definition) is 2. The molecule has 2 amide bonds. The Balaban J connectivity index is 2.20. The van der Waals surface area contributed by atoms with E-state index >= 15 is 0 Å². The number of nitrogens with zero attached hydrogens (tertiary/aromatic N) is 1. The van der Waals surface area contributed by atoms with Crippen LogP contribution < -0.4 is 16.0 Å². The maximum atomic E-state index is 12.3. The van der Waals surface area contributed by atoms with Crippen LogP contribution in [0.4, 0.5) is 16.2 Å². The first-order valence-corrected chi connectivity index (χ1v) is 6.90. The van der Waals surface area contributed by atoms with Gasteiger partial charge in [0.05, 0.1) is 5.69 Å². The summed E-state index contributed by atoms with van der Waals surface area (Å²) in [5.74, 6) is 0. The lowest BCUT2D eigenvalue weighted by atomic mass is 10.1. The number of hydrogen-bond acceptors (Lipinski definition) is 2. The van der Waals surface area contributed by atoms with Crippen LogP contribution in [0.2, 0.25) is 0 Å². The maximum absolute atomic E-state index is 12.3. The van der Waals surface area contributed by atoms with Crippen LogP contribution in [0, 0.1) is 6.92 Å². The molecule has 0 aliphatic rings. The van der Waals surface area contributed by atoms with Crippen molar-refractivity contribution in [2.24, 2.45) is 5.73 Å². The molecular formula is C16H17N3OS. The molecule has 4 nitrogen and oxygen atoms in total. The highest BCUT2D eigenvalue weighted by Gasteiger charge is 2.15. The second-order valence-electron chi connectivity index (χ2n) is 4.74. The first-order chi connectivity index (χ1) is 9.99. The predicted molar refractivity (Wildman–Crippen MR) is 90.9 cm³/mol. The Labute approximate surface area is 129 Å². The summed E-state index contributed by atoms with van der Waals surface area (Å²) < 4.78 is 0. The van der Waals surface area contributed by atoms with Crippen LogP contribution in [0.15, 0.2) is 48.5 Å². The van der Waals surface area contributed by atoms with E-state index in [0.717, 1.165) is 11.3 Å². The number of nitrogens with two attached hydrogens (primary N) is 1. The van der Waals surface area contributed by atoms with Gasteiger partial charge in [-0.2, -0.15) is 0 Å². The van der Waals surface area contributed by atoms with Crippen molar-refractivity contribution in [1.82, 2.24) is 0 Å². The van der Waals surface area contributed by atoms with Crippen molar-refractivity contribution < 1.29 is 4.79 Å². The Kier molecular flexibility index (Phi) is 4.55. The Hall–Kier alpha value is -2.40. The predicted octanol–water partition coefficient (Wildman–Crippen LogP) is 3.30. The van der Waals surface area contributed by atoms with Crippen LogP contribution in [0.1, 0.15) is 11.1 Å². The number of nitrogens with one attached hydrogen (secondary N) is 1. The summed E-state index contributed by atoms with van der Waals surface area (Å²) in [6, 6.07) is 14.6. The zero-order valence-electron chi connectivity index (χ0n) is 12.0. The van der Waals surface area contributed by atoms with Gasteiger partial charge in [0.25, 0.3) is 0 Å². The fourth-order valence-electron chi connectivity index (χ4n) is 1.93. The molecule has 0 aliphatic carbocycles. The molecule has 0 aliphatic heterocycles. The third kappa shape index (κ3) is 3.58. The summed E-state index contributed by atoms with van der Waals surface area (Å²) in [6.07, 6.45) is 0. The van der Waals surface area contributed by atoms with Gasteiger partial charge in [-0.05, 0) is 31.2 Å². The van der Waals surface area contributed by atoms with Crippen molar-refractivity contribution in [3.63, 3.8) is 0 Å². The number of anilines is 2. The molecule has 0 radical (unpaired) electrons. The van der Waals surface area contributed by atoms with E-state index in [9.17, 15) is 4.79 Å². The number of carbonyl (C=O) groups is 1. The smallest absolute Gasteiger partial charge is 0.326 e. The highest BCUT2D eigenvalue weighted by Crippen LogP contribution is 2.20. The van der Waals surface area contributed by atoms with Gasteiger partial charge in [-0.25, -0.2) is 4.79 Å². The van der Waals surface area contributed by atoms with Gasteiger partial charge in [0.15, 0.2) is 0 Å². The topological polar surface area (TPSA) is 58.4 Å². The lowest BCUT2D eigenvalue weighted by Gasteiger charge is -2.20. The summed E-state index contributed by atoms with van der Waals surface area (Å²) >= 11 is 5.02. The molecule has 0 spiro atoms. The van der Waals surface area contributed by atoms with Crippen LogP contribution in [-0.4, -0.2) is 18.1 Å². The summed E-state index contributed by atoms with van der Waals surface area (Å²) in [5, 5.41) is 2.84. The molecule has 0 saturated heterocycles. The Morgan fingerprint density at radius 2 is 1.76 bits per heavy atom. The Bertz CT molecular complexity index is 667. The average Bonchev–Trinajstić information content (AvgIpc) is 2.48. The molecular weight excluding hydrogens is 282 g/mol. The van der Waals surface area contributed by atoms with Crippen LogP contribution in [0.5, 0.6) is 0 Å². The molecule has 0 atom stereocenters. The quantitative estimate of drug-likeness (QED) is 0.855. The third-order valence-corrected chi connectivity index (χ3v) is 3.36. The highest BCUT2D eigenvalue weighted by atomic mass is 32.1. The fourth-order valence-corrected chi connectivity index (χ4v) is 2.10. The SMILES string of the molecule is Cc1ccc(NC(=O)N(C)c2ccccc2C(N)=S)cc1. The lowest BCUT2D eigenvalue weighted by molar-refractivity contribution is 0.258. The number of benzene rings is 2. The maximum Gasteiger partial charge on any atom is 0.326 e.